The third kappa shape index (κ3) is 4.17. The number of rotatable bonds is 5. The second kappa shape index (κ2) is 7.70. The van der Waals surface area contributed by atoms with Crippen LogP contribution in [0, 0.1) is 0 Å². The lowest BCUT2D eigenvalue weighted by Gasteiger charge is -2.17. The highest BCUT2D eigenvalue weighted by atomic mass is 32.1. The summed E-state index contributed by atoms with van der Waals surface area (Å²) in [5, 5.41) is 11.3. The second-order valence-corrected chi connectivity index (χ2v) is 5.87. The van der Waals surface area contributed by atoms with Crippen LogP contribution in [0.1, 0.15) is 24.1 Å². The number of hydrogen-bond donors (Lipinski definition) is 2. The highest BCUT2D eigenvalue weighted by Crippen LogP contribution is 2.15. The van der Waals surface area contributed by atoms with Crippen LogP contribution in [-0.2, 0) is 6.54 Å². The van der Waals surface area contributed by atoms with Crippen LogP contribution in [0.5, 0.6) is 0 Å². The minimum absolute atomic E-state index is 0.116. The van der Waals surface area contributed by atoms with Gasteiger partial charge in [0.25, 0.3) is 0 Å². The fourth-order valence-electron chi connectivity index (χ4n) is 2.37. The van der Waals surface area contributed by atoms with Gasteiger partial charge in [-0.25, -0.2) is 9.67 Å². The Morgan fingerprint density at radius 3 is 2.54 bits per heavy atom. The Bertz CT molecular complexity index is 769. The van der Waals surface area contributed by atoms with Crippen molar-refractivity contribution < 1.29 is 0 Å². The predicted molar refractivity (Wildman–Crippen MR) is 98.8 cm³/mol. The van der Waals surface area contributed by atoms with Crippen LogP contribution >= 0.6 is 12.2 Å². The Balaban J connectivity index is 1.54. The average Bonchev–Trinajstić information content (AvgIpc) is 3.16. The van der Waals surface area contributed by atoms with E-state index in [4.69, 9.17) is 12.2 Å². The molecule has 0 unspecified atom stereocenters. The normalized spacial score (nSPS) is 11.7. The first-order valence-electron chi connectivity index (χ1n) is 7.75. The van der Waals surface area contributed by atoms with Crippen LogP contribution in [0.25, 0.3) is 5.69 Å². The van der Waals surface area contributed by atoms with Crippen LogP contribution in [0.4, 0.5) is 0 Å². The zero-order valence-electron chi connectivity index (χ0n) is 13.4. The molecule has 2 aromatic carbocycles. The molecule has 0 amide bonds. The van der Waals surface area contributed by atoms with Crippen molar-refractivity contribution in [3.63, 3.8) is 0 Å². The van der Waals surface area contributed by atoms with Gasteiger partial charge in [0, 0.05) is 6.54 Å². The van der Waals surface area contributed by atoms with Crippen molar-refractivity contribution in [2.75, 3.05) is 0 Å². The summed E-state index contributed by atoms with van der Waals surface area (Å²) < 4.78 is 1.73. The SMILES string of the molecule is C[C@@H](NC(=S)NCc1ccccc1)c1ccc(-n2cncn2)cc1. The third-order valence-electron chi connectivity index (χ3n) is 3.72. The van der Waals surface area contributed by atoms with Gasteiger partial charge in [-0.2, -0.15) is 5.10 Å². The molecule has 0 aliphatic carbocycles. The van der Waals surface area contributed by atoms with Crippen molar-refractivity contribution in [1.29, 1.82) is 0 Å². The lowest BCUT2D eigenvalue weighted by molar-refractivity contribution is 0.697. The van der Waals surface area contributed by atoms with E-state index in [9.17, 15) is 0 Å². The number of hydrogen-bond acceptors (Lipinski definition) is 3. The van der Waals surface area contributed by atoms with E-state index in [0.29, 0.717) is 11.7 Å². The van der Waals surface area contributed by atoms with E-state index < -0.39 is 0 Å². The van der Waals surface area contributed by atoms with Crippen LogP contribution in [0.3, 0.4) is 0 Å². The Kier molecular flexibility index (Phi) is 5.18. The summed E-state index contributed by atoms with van der Waals surface area (Å²) in [7, 11) is 0. The number of thiocarbonyl (C=S) groups is 1. The lowest BCUT2D eigenvalue weighted by atomic mass is 10.1. The first kappa shape index (κ1) is 16.1. The summed E-state index contributed by atoms with van der Waals surface area (Å²) in [5.74, 6) is 0. The summed E-state index contributed by atoms with van der Waals surface area (Å²) in [6, 6.07) is 18.5. The molecule has 0 radical (unpaired) electrons. The molecular weight excluding hydrogens is 318 g/mol. The molecule has 122 valence electrons. The maximum Gasteiger partial charge on any atom is 0.167 e. The second-order valence-electron chi connectivity index (χ2n) is 5.47. The van der Waals surface area contributed by atoms with Gasteiger partial charge >= 0.3 is 0 Å². The molecule has 0 spiro atoms. The zero-order chi connectivity index (χ0) is 16.8. The van der Waals surface area contributed by atoms with Crippen molar-refractivity contribution in [2.45, 2.75) is 19.5 Å². The molecule has 1 atom stereocenters. The molecule has 3 aromatic rings. The number of benzene rings is 2. The summed E-state index contributed by atoms with van der Waals surface area (Å²) in [4.78, 5) is 3.96. The quantitative estimate of drug-likeness (QED) is 0.701. The molecule has 0 fully saturated rings. The van der Waals surface area contributed by atoms with Gasteiger partial charge in [-0.05, 0) is 42.4 Å². The molecule has 24 heavy (non-hydrogen) atoms. The standard InChI is InChI=1S/C18H19N5S/c1-14(22-18(24)20-11-15-5-3-2-4-6-15)16-7-9-17(10-8-16)23-13-19-12-21-23/h2-10,12-14H,11H2,1H3,(H2,20,22,24)/t14-/m1/s1. The maximum absolute atomic E-state index is 5.38. The molecule has 3 rings (SSSR count). The van der Waals surface area contributed by atoms with Crippen LogP contribution in [-0.4, -0.2) is 19.9 Å². The molecule has 0 aliphatic heterocycles. The molecule has 1 aromatic heterocycles. The highest BCUT2D eigenvalue weighted by molar-refractivity contribution is 7.80. The van der Waals surface area contributed by atoms with Gasteiger partial charge in [0.1, 0.15) is 12.7 Å². The maximum atomic E-state index is 5.38. The topological polar surface area (TPSA) is 54.8 Å². The molecule has 6 heteroatoms. The Labute approximate surface area is 146 Å². The van der Waals surface area contributed by atoms with Gasteiger partial charge in [-0.1, -0.05) is 42.5 Å². The first-order chi connectivity index (χ1) is 11.7. The smallest absolute Gasteiger partial charge is 0.167 e. The molecular formula is C18H19N5S. The fraction of sp³-hybridized carbons (Fsp3) is 0.167. The molecule has 2 N–H and O–H groups in total. The van der Waals surface area contributed by atoms with Gasteiger partial charge in [0.15, 0.2) is 5.11 Å². The average molecular weight is 337 g/mol. The van der Waals surface area contributed by atoms with Crippen molar-refractivity contribution in [3.05, 3.63) is 78.4 Å². The van der Waals surface area contributed by atoms with Gasteiger partial charge in [0.2, 0.25) is 0 Å². The van der Waals surface area contributed by atoms with Gasteiger partial charge < -0.3 is 10.6 Å². The van der Waals surface area contributed by atoms with Gasteiger partial charge in [-0.3, -0.25) is 0 Å². The minimum atomic E-state index is 0.116. The van der Waals surface area contributed by atoms with E-state index in [-0.39, 0.29) is 6.04 Å². The van der Waals surface area contributed by atoms with E-state index in [1.54, 1.807) is 11.0 Å². The first-order valence-corrected chi connectivity index (χ1v) is 8.16. The predicted octanol–water partition coefficient (Wildman–Crippen LogP) is 2.99. The molecule has 0 saturated carbocycles. The zero-order valence-corrected chi connectivity index (χ0v) is 14.2. The van der Waals surface area contributed by atoms with Gasteiger partial charge in [-0.15, -0.1) is 0 Å². The molecule has 1 heterocycles. The van der Waals surface area contributed by atoms with Crippen molar-refractivity contribution in [1.82, 2.24) is 25.4 Å². The van der Waals surface area contributed by atoms with E-state index >= 15 is 0 Å². The van der Waals surface area contributed by atoms with Crippen LogP contribution in [0.15, 0.2) is 67.3 Å². The lowest BCUT2D eigenvalue weighted by Crippen LogP contribution is -2.36. The highest BCUT2D eigenvalue weighted by Gasteiger charge is 2.07. The van der Waals surface area contributed by atoms with E-state index in [2.05, 4.69) is 51.9 Å². The fourth-order valence-corrected chi connectivity index (χ4v) is 2.62. The summed E-state index contributed by atoms with van der Waals surface area (Å²) in [6.45, 7) is 2.80. The minimum Gasteiger partial charge on any atom is -0.359 e. The Hall–Kier alpha value is -2.73. The van der Waals surface area contributed by atoms with Gasteiger partial charge in [0.05, 0.1) is 11.7 Å². The van der Waals surface area contributed by atoms with Crippen LogP contribution in [0.2, 0.25) is 0 Å². The van der Waals surface area contributed by atoms with Crippen molar-refractivity contribution in [3.8, 4) is 5.69 Å². The third-order valence-corrected chi connectivity index (χ3v) is 3.98. The summed E-state index contributed by atoms with van der Waals surface area (Å²) in [5.41, 5.74) is 3.34. The Morgan fingerprint density at radius 1 is 1.12 bits per heavy atom. The summed E-state index contributed by atoms with van der Waals surface area (Å²) in [6.07, 6.45) is 3.20. The number of aromatic nitrogens is 3. The Morgan fingerprint density at radius 2 is 1.88 bits per heavy atom. The molecule has 0 bridgehead atoms. The van der Waals surface area contributed by atoms with E-state index in [0.717, 1.165) is 11.3 Å². The molecule has 0 aliphatic rings. The largest absolute Gasteiger partial charge is 0.359 e. The molecule has 0 saturated heterocycles. The van der Waals surface area contributed by atoms with E-state index in [1.807, 2.05) is 30.3 Å². The number of nitrogens with one attached hydrogen (secondary N) is 2. The van der Waals surface area contributed by atoms with Crippen molar-refractivity contribution >= 4 is 17.3 Å². The number of nitrogens with zero attached hydrogens (tertiary/aromatic N) is 3. The van der Waals surface area contributed by atoms with Crippen molar-refractivity contribution in [2.24, 2.45) is 0 Å². The summed E-state index contributed by atoms with van der Waals surface area (Å²) >= 11 is 5.38. The molecule has 5 nitrogen and oxygen atoms in total. The van der Waals surface area contributed by atoms with E-state index in [1.165, 1.54) is 11.9 Å². The van der Waals surface area contributed by atoms with Crippen LogP contribution < -0.4 is 10.6 Å². The monoisotopic (exact) mass is 337 g/mol.